The van der Waals surface area contributed by atoms with Gasteiger partial charge >= 0.3 is 5.97 Å². The van der Waals surface area contributed by atoms with Gasteiger partial charge in [0.2, 0.25) is 11.8 Å². The summed E-state index contributed by atoms with van der Waals surface area (Å²) in [6.45, 7) is 0. The lowest BCUT2D eigenvalue weighted by molar-refractivity contribution is -0.154. The van der Waals surface area contributed by atoms with E-state index in [1.807, 2.05) is 0 Å². The third-order valence-electron chi connectivity index (χ3n) is 3.31. The quantitative estimate of drug-likeness (QED) is 0.188. The number of imide groups is 1. The van der Waals surface area contributed by atoms with E-state index in [-0.39, 0.29) is 19.3 Å². The summed E-state index contributed by atoms with van der Waals surface area (Å²) in [7, 11) is 2.88. The van der Waals surface area contributed by atoms with E-state index in [2.05, 4.69) is 10.0 Å². The van der Waals surface area contributed by atoms with Crippen molar-refractivity contribution < 1.29 is 19.5 Å². The number of benzene rings is 1. The number of carboxylic acids is 1. The molecule has 24 heavy (non-hydrogen) atoms. The summed E-state index contributed by atoms with van der Waals surface area (Å²) in [5, 5.41) is 12.7. The number of rotatable bonds is 8. The predicted octanol–water partition coefficient (Wildman–Crippen LogP) is 3.36. The lowest BCUT2D eigenvalue weighted by atomic mass is 10.2. The van der Waals surface area contributed by atoms with Crippen molar-refractivity contribution in [3.63, 3.8) is 0 Å². The maximum atomic E-state index is 11.7. The van der Waals surface area contributed by atoms with E-state index >= 15 is 0 Å². The van der Waals surface area contributed by atoms with Crippen molar-refractivity contribution in [2.75, 3.05) is 5.75 Å². The molecule has 10 heteroatoms. The number of azide groups is 1. The summed E-state index contributed by atoms with van der Waals surface area (Å²) in [5.74, 6) is -1.53. The maximum Gasteiger partial charge on any atom is 0.326 e. The van der Waals surface area contributed by atoms with Gasteiger partial charge in [-0.3, -0.25) is 14.5 Å². The Morgan fingerprint density at radius 3 is 2.46 bits per heavy atom. The van der Waals surface area contributed by atoms with Crippen LogP contribution >= 0.6 is 21.6 Å². The first kappa shape index (κ1) is 18.2. The molecular formula is C14H14N4O4S2. The van der Waals surface area contributed by atoms with Gasteiger partial charge in [0.1, 0.15) is 6.04 Å². The van der Waals surface area contributed by atoms with Crippen LogP contribution in [0.3, 0.4) is 0 Å². The lowest BCUT2D eigenvalue weighted by Crippen LogP contribution is -2.44. The van der Waals surface area contributed by atoms with Crippen molar-refractivity contribution in [3.8, 4) is 0 Å². The Labute approximate surface area is 145 Å². The fourth-order valence-corrected chi connectivity index (χ4v) is 4.26. The fraction of sp³-hybridized carbons (Fsp3) is 0.357. The van der Waals surface area contributed by atoms with Crippen molar-refractivity contribution in [1.82, 2.24) is 4.90 Å². The molecular weight excluding hydrogens is 352 g/mol. The second kappa shape index (κ2) is 8.62. The third kappa shape index (κ3) is 4.67. The molecule has 1 unspecified atom stereocenters. The highest BCUT2D eigenvalue weighted by atomic mass is 33.1. The van der Waals surface area contributed by atoms with Crippen LogP contribution in [0, 0.1) is 0 Å². The molecule has 1 saturated heterocycles. The normalized spacial score (nSPS) is 15.2. The molecule has 0 saturated carbocycles. The summed E-state index contributed by atoms with van der Waals surface area (Å²) in [5.41, 5.74) is 8.85. The Morgan fingerprint density at radius 2 is 1.92 bits per heavy atom. The number of aliphatic carboxylic acids is 1. The number of hydrogen-bond donors (Lipinski definition) is 1. The molecule has 1 atom stereocenters. The summed E-state index contributed by atoms with van der Waals surface area (Å²) >= 11 is 0. The first-order valence-electron chi connectivity index (χ1n) is 7.05. The van der Waals surface area contributed by atoms with Crippen LogP contribution in [0.4, 0.5) is 5.69 Å². The zero-order chi connectivity index (χ0) is 17.5. The molecule has 8 nitrogen and oxygen atoms in total. The van der Waals surface area contributed by atoms with E-state index in [1.165, 1.54) is 21.6 Å². The van der Waals surface area contributed by atoms with Crippen molar-refractivity contribution in [2.45, 2.75) is 30.2 Å². The Morgan fingerprint density at radius 1 is 1.29 bits per heavy atom. The van der Waals surface area contributed by atoms with Crippen molar-refractivity contribution in [3.05, 3.63) is 34.7 Å². The average molecular weight is 366 g/mol. The summed E-state index contributed by atoms with van der Waals surface area (Å²) in [6.07, 6.45) is 0.366. The molecule has 1 N–H and O–H groups in total. The highest BCUT2D eigenvalue weighted by Gasteiger charge is 2.38. The van der Waals surface area contributed by atoms with Gasteiger partial charge in [-0.25, -0.2) is 4.79 Å². The first-order valence-corrected chi connectivity index (χ1v) is 9.37. The van der Waals surface area contributed by atoms with Gasteiger partial charge in [-0.15, -0.1) is 0 Å². The second-order valence-electron chi connectivity index (χ2n) is 4.89. The SMILES string of the molecule is [N-]=[N+]=Nc1ccc(SSCCC(C(=O)O)N2C(=O)CCC2=O)cc1. The second-order valence-corrected chi connectivity index (χ2v) is 7.38. The molecule has 0 radical (unpaired) electrons. The van der Waals surface area contributed by atoms with E-state index in [9.17, 15) is 19.5 Å². The van der Waals surface area contributed by atoms with Gasteiger partial charge in [0.05, 0.1) is 0 Å². The number of carbonyl (C=O) groups excluding carboxylic acids is 2. The van der Waals surface area contributed by atoms with Crippen LogP contribution in [0.1, 0.15) is 19.3 Å². The molecule has 1 aliphatic rings. The molecule has 1 aromatic carbocycles. The number of carboxylic acid groups (broad SMARTS) is 1. The number of hydrogen-bond acceptors (Lipinski definition) is 6. The van der Waals surface area contributed by atoms with Gasteiger partial charge in [0, 0.05) is 34.1 Å². The van der Waals surface area contributed by atoms with Crippen LogP contribution in [-0.4, -0.2) is 39.6 Å². The number of amides is 2. The standard InChI is InChI=1S/C14H14N4O4S2/c15-17-16-9-1-3-10(4-2-9)24-23-8-7-11(14(21)22)18-12(19)5-6-13(18)20/h1-4,11H,5-8H2,(H,21,22). The topological polar surface area (TPSA) is 123 Å². The van der Waals surface area contributed by atoms with E-state index in [1.54, 1.807) is 24.3 Å². The third-order valence-corrected chi connectivity index (χ3v) is 5.73. The molecule has 0 aliphatic carbocycles. The van der Waals surface area contributed by atoms with E-state index < -0.39 is 23.8 Å². The molecule has 1 fully saturated rings. The van der Waals surface area contributed by atoms with E-state index in [0.29, 0.717) is 11.4 Å². The zero-order valence-corrected chi connectivity index (χ0v) is 14.1. The zero-order valence-electron chi connectivity index (χ0n) is 12.5. The van der Waals surface area contributed by atoms with Gasteiger partial charge in [0.15, 0.2) is 0 Å². The average Bonchev–Trinajstić information content (AvgIpc) is 2.88. The van der Waals surface area contributed by atoms with Crippen molar-refractivity contribution in [2.24, 2.45) is 5.11 Å². The van der Waals surface area contributed by atoms with Crippen LogP contribution in [0.5, 0.6) is 0 Å². The lowest BCUT2D eigenvalue weighted by Gasteiger charge is -2.22. The molecule has 1 aromatic rings. The Hall–Kier alpha value is -2.16. The van der Waals surface area contributed by atoms with Gasteiger partial charge in [-0.1, -0.05) is 38.8 Å². The van der Waals surface area contributed by atoms with Crippen LogP contribution < -0.4 is 0 Å². The molecule has 2 rings (SSSR count). The molecule has 126 valence electrons. The molecule has 0 bridgehead atoms. The van der Waals surface area contributed by atoms with Crippen LogP contribution in [0.2, 0.25) is 0 Å². The van der Waals surface area contributed by atoms with Crippen molar-refractivity contribution in [1.29, 1.82) is 0 Å². The summed E-state index contributed by atoms with van der Waals surface area (Å²) < 4.78 is 0. The molecule has 1 aliphatic heterocycles. The van der Waals surface area contributed by atoms with E-state index in [4.69, 9.17) is 5.53 Å². The van der Waals surface area contributed by atoms with Crippen LogP contribution in [0.15, 0.2) is 34.3 Å². The first-order chi connectivity index (χ1) is 11.5. The van der Waals surface area contributed by atoms with Crippen LogP contribution in [0.25, 0.3) is 10.4 Å². The molecule has 1 heterocycles. The van der Waals surface area contributed by atoms with Gasteiger partial charge in [0.25, 0.3) is 0 Å². The minimum absolute atomic E-state index is 0.0854. The maximum absolute atomic E-state index is 11.7. The predicted molar refractivity (Wildman–Crippen MR) is 90.7 cm³/mol. The monoisotopic (exact) mass is 366 g/mol. The Bertz CT molecular complexity index is 673. The number of nitrogens with zero attached hydrogens (tertiary/aromatic N) is 4. The minimum atomic E-state index is -1.16. The van der Waals surface area contributed by atoms with E-state index in [0.717, 1.165) is 9.80 Å². The Balaban J connectivity index is 1.85. The summed E-state index contributed by atoms with van der Waals surface area (Å²) in [6, 6.07) is 5.86. The van der Waals surface area contributed by atoms with Crippen LogP contribution in [-0.2, 0) is 14.4 Å². The van der Waals surface area contributed by atoms with Gasteiger partial charge in [-0.05, 0) is 24.1 Å². The van der Waals surface area contributed by atoms with Gasteiger partial charge in [-0.2, -0.15) is 0 Å². The molecule has 0 spiro atoms. The van der Waals surface area contributed by atoms with Crippen molar-refractivity contribution >= 4 is 45.1 Å². The largest absolute Gasteiger partial charge is 0.480 e. The smallest absolute Gasteiger partial charge is 0.326 e. The highest BCUT2D eigenvalue weighted by molar-refractivity contribution is 8.76. The fourth-order valence-electron chi connectivity index (χ4n) is 2.19. The number of carbonyl (C=O) groups is 3. The molecule has 0 aromatic heterocycles. The van der Waals surface area contributed by atoms with Gasteiger partial charge < -0.3 is 5.11 Å². The minimum Gasteiger partial charge on any atom is -0.480 e. The summed E-state index contributed by atoms with van der Waals surface area (Å²) in [4.78, 5) is 39.2. The molecule has 2 amide bonds. The number of likely N-dealkylation sites (tertiary alicyclic amines) is 1. The highest BCUT2D eigenvalue weighted by Crippen LogP contribution is 2.33. The Kier molecular flexibility index (Phi) is 6.53.